The van der Waals surface area contributed by atoms with Crippen LogP contribution >= 0.6 is 0 Å². The number of rotatable bonds is 9. The fraction of sp³-hybridized carbons (Fsp3) is 0.265. The lowest BCUT2D eigenvalue weighted by Crippen LogP contribution is -2.39. The first kappa shape index (κ1) is 27.9. The van der Waals surface area contributed by atoms with Gasteiger partial charge in [-0.05, 0) is 95.6 Å². The van der Waals surface area contributed by atoms with Gasteiger partial charge in [0.25, 0.3) is 0 Å². The third kappa shape index (κ3) is 8.20. The summed E-state index contributed by atoms with van der Waals surface area (Å²) in [5.74, 6) is 2.11. The van der Waals surface area contributed by atoms with Crippen LogP contribution in [0.1, 0.15) is 59.5 Å². The molecule has 39 heavy (non-hydrogen) atoms. The van der Waals surface area contributed by atoms with Crippen LogP contribution in [0.5, 0.6) is 23.0 Å². The van der Waals surface area contributed by atoms with Gasteiger partial charge in [-0.1, -0.05) is 59.2 Å². The van der Waals surface area contributed by atoms with E-state index in [1.165, 1.54) is 0 Å². The van der Waals surface area contributed by atoms with Crippen molar-refractivity contribution in [2.45, 2.75) is 53.2 Å². The molecule has 4 rings (SSSR count). The number of hydrogen-bond donors (Lipinski definition) is 1. The standard InChI is InChI=1S/C34H37NO4/c1-23-7-13-26(14-8-23)33(36)39-32(22-35-34(4,5)6)27-15-20-30(37-28-16-9-24(2)10-17-28)31(21-27)38-29-18-11-25(3)12-19-29/h7-21,32,35H,22H2,1-6H3. The highest BCUT2D eigenvalue weighted by Crippen LogP contribution is 2.38. The summed E-state index contributed by atoms with van der Waals surface area (Å²) in [5, 5.41) is 3.47. The lowest BCUT2D eigenvalue weighted by Gasteiger charge is -2.26. The zero-order chi connectivity index (χ0) is 28.0. The van der Waals surface area contributed by atoms with E-state index in [1.807, 2.05) is 99.6 Å². The van der Waals surface area contributed by atoms with Gasteiger partial charge in [0.1, 0.15) is 17.6 Å². The molecule has 1 unspecified atom stereocenters. The van der Waals surface area contributed by atoms with Gasteiger partial charge in [-0.2, -0.15) is 0 Å². The molecule has 0 aliphatic heterocycles. The Labute approximate surface area is 231 Å². The number of aryl methyl sites for hydroxylation is 3. The van der Waals surface area contributed by atoms with Crippen LogP contribution in [0.2, 0.25) is 0 Å². The Morgan fingerprint density at radius 2 is 1.18 bits per heavy atom. The number of benzene rings is 4. The first-order valence-corrected chi connectivity index (χ1v) is 13.2. The van der Waals surface area contributed by atoms with Crippen LogP contribution in [0.4, 0.5) is 0 Å². The predicted molar refractivity (Wildman–Crippen MR) is 156 cm³/mol. The van der Waals surface area contributed by atoms with Crippen LogP contribution in [0.25, 0.3) is 0 Å². The van der Waals surface area contributed by atoms with Crippen molar-refractivity contribution in [3.63, 3.8) is 0 Å². The second kappa shape index (κ2) is 12.2. The molecule has 5 heteroatoms. The van der Waals surface area contributed by atoms with Crippen molar-refractivity contribution < 1.29 is 19.0 Å². The number of esters is 1. The van der Waals surface area contributed by atoms with Gasteiger partial charge in [-0.3, -0.25) is 0 Å². The average Bonchev–Trinajstić information content (AvgIpc) is 2.90. The first-order chi connectivity index (χ1) is 18.6. The van der Waals surface area contributed by atoms with Gasteiger partial charge in [0.15, 0.2) is 11.5 Å². The summed E-state index contributed by atoms with van der Waals surface area (Å²) in [7, 11) is 0. The van der Waals surface area contributed by atoms with Gasteiger partial charge < -0.3 is 19.5 Å². The second-order valence-corrected chi connectivity index (χ2v) is 10.9. The van der Waals surface area contributed by atoms with Gasteiger partial charge in [0.05, 0.1) is 5.56 Å². The molecule has 5 nitrogen and oxygen atoms in total. The number of carbonyl (C=O) groups is 1. The second-order valence-electron chi connectivity index (χ2n) is 10.9. The lowest BCUT2D eigenvalue weighted by molar-refractivity contribution is 0.0282. The molecule has 202 valence electrons. The van der Waals surface area contributed by atoms with Crippen LogP contribution in [-0.4, -0.2) is 18.1 Å². The average molecular weight is 524 g/mol. The van der Waals surface area contributed by atoms with E-state index < -0.39 is 6.10 Å². The molecule has 1 N–H and O–H groups in total. The molecular weight excluding hydrogens is 486 g/mol. The van der Waals surface area contributed by atoms with Crippen molar-refractivity contribution in [1.82, 2.24) is 5.32 Å². The van der Waals surface area contributed by atoms with E-state index in [0.717, 1.165) is 22.3 Å². The smallest absolute Gasteiger partial charge is 0.338 e. The summed E-state index contributed by atoms with van der Waals surface area (Å²) in [6.45, 7) is 12.7. The molecule has 0 amide bonds. The van der Waals surface area contributed by atoms with Gasteiger partial charge in [-0.15, -0.1) is 0 Å². The lowest BCUT2D eigenvalue weighted by atomic mass is 10.0. The molecule has 0 saturated heterocycles. The van der Waals surface area contributed by atoms with Gasteiger partial charge in [-0.25, -0.2) is 4.79 Å². The highest BCUT2D eigenvalue weighted by molar-refractivity contribution is 5.89. The Hall–Kier alpha value is -4.09. The minimum atomic E-state index is -0.549. The summed E-state index contributed by atoms with van der Waals surface area (Å²) in [6, 6.07) is 28.8. The van der Waals surface area contributed by atoms with Crippen LogP contribution in [-0.2, 0) is 4.74 Å². The molecule has 0 aromatic heterocycles. The summed E-state index contributed by atoms with van der Waals surface area (Å²) in [4.78, 5) is 13.1. The normalized spacial score (nSPS) is 12.1. The van der Waals surface area contributed by atoms with Gasteiger partial charge >= 0.3 is 5.97 Å². The molecule has 0 aliphatic rings. The van der Waals surface area contributed by atoms with Crippen molar-refractivity contribution in [1.29, 1.82) is 0 Å². The van der Waals surface area contributed by atoms with Crippen LogP contribution in [0.3, 0.4) is 0 Å². The van der Waals surface area contributed by atoms with Crippen molar-refractivity contribution in [3.05, 3.63) is 119 Å². The third-order valence-electron chi connectivity index (χ3n) is 6.19. The number of nitrogens with one attached hydrogen (secondary N) is 1. The molecule has 0 aliphatic carbocycles. The summed E-state index contributed by atoms with van der Waals surface area (Å²) in [6.07, 6.45) is -0.549. The monoisotopic (exact) mass is 523 g/mol. The van der Waals surface area contributed by atoms with E-state index in [1.54, 1.807) is 12.1 Å². The Bertz CT molecular complexity index is 1390. The topological polar surface area (TPSA) is 56.8 Å². The molecule has 0 radical (unpaired) electrons. The van der Waals surface area contributed by atoms with E-state index in [-0.39, 0.29) is 11.5 Å². The van der Waals surface area contributed by atoms with E-state index in [0.29, 0.717) is 35.1 Å². The van der Waals surface area contributed by atoms with Gasteiger partial charge in [0.2, 0.25) is 0 Å². The van der Waals surface area contributed by atoms with E-state index >= 15 is 0 Å². The summed E-state index contributed by atoms with van der Waals surface area (Å²) < 4.78 is 18.6. The Morgan fingerprint density at radius 3 is 1.69 bits per heavy atom. The molecule has 1 atom stereocenters. The first-order valence-electron chi connectivity index (χ1n) is 13.2. The molecule has 4 aromatic carbocycles. The number of carbonyl (C=O) groups excluding carboxylic acids is 1. The van der Waals surface area contributed by atoms with Crippen LogP contribution < -0.4 is 14.8 Å². The van der Waals surface area contributed by atoms with E-state index in [2.05, 4.69) is 26.1 Å². The zero-order valence-corrected chi connectivity index (χ0v) is 23.6. The Morgan fingerprint density at radius 1 is 0.692 bits per heavy atom. The van der Waals surface area contributed by atoms with Crippen molar-refractivity contribution in [3.8, 4) is 23.0 Å². The molecule has 4 aromatic rings. The Kier molecular flexibility index (Phi) is 8.72. The van der Waals surface area contributed by atoms with Crippen molar-refractivity contribution in [2.75, 3.05) is 6.54 Å². The predicted octanol–water partition coefficient (Wildman–Crippen LogP) is 8.48. The van der Waals surface area contributed by atoms with Crippen LogP contribution in [0.15, 0.2) is 91.0 Å². The van der Waals surface area contributed by atoms with Crippen molar-refractivity contribution >= 4 is 5.97 Å². The van der Waals surface area contributed by atoms with E-state index in [9.17, 15) is 4.79 Å². The maximum Gasteiger partial charge on any atom is 0.338 e. The fourth-order valence-corrected chi connectivity index (χ4v) is 3.87. The minimum absolute atomic E-state index is 0.162. The highest BCUT2D eigenvalue weighted by Gasteiger charge is 2.23. The largest absolute Gasteiger partial charge is 0.453 e. The highest BCUT2D eigenvalue weighted by atomic mass is 16.5. The third-order valence-corrected chi connectivity index (χ3v) is 6.19. The fourth-order valence-electron chi connectivity index (χ4n) is 3.87. The van der Waals surface area contributed by atoms with E-state index in [4.69, 9.17) is 14.2 Å². The van der Waals surface area contributed by atoms with Gasteiger partial charge in [0, 0.05) is 12.1 Å². The summed E-state index contributed by atoms with van der Waals surface area (Å²) >= 11 is 0. The summed E-state index contributed by atoms with van der Waals surface area (Å²) in [5.41, 5.74) is 4.52. The Balaban J connectivity index is 1.68. The molecule has 0 heterocycles. The molecular formula is C34H37NO4. The minimum Gasteiger partial charge on any atom is -0.453 e. The number of ether oxygens (including phenoxy) is 3. The van der Waals surface area contributed by atoms with Crippen molar-refractivity contribution in [2.24, 2.45) is 0 Å². The maximum atomic E-state index is 13.1. The maximum absolute atomic E-state index is 13.1. The molecule has 0 bridgehead atoms. The quantitative estimate of drug-likeness (QED) is 0.223. The molecule has 0 saturated carbocycles. The van der Waals surface area contributed by atoms with Crippen LogP contribution in [0, 0.1) is 20.8 Å². The molecule has 0 fully saturated rings. The molecule has 0 spiro atoms. The number of hydrogen-bond acceptors (Lipinski definition) is 5. The SMILES string of the molecule is Cc1ccc(Oc2ccc(C(CNC(C)(C)C)OC(=O)c3ccc(C)cc3)cc2Oc2ccc(C)cc2)cc1. The zero-order valence-electron chi connectivity index (χ0n) is 23.6.